The lowest BCUT2D eigenvalue weighted by atomic mass is 10.2. The molecule has 96 valence electrons. The number of aromatic hydroxyl groups is 3. The van der Waals surface area contributed by atoms with Gasteiger partial charge in [0.25, 0.3) is 0 Å². The normalized spacial score (nSPS) is 9.39. The van der Waals surface area contributed by atoms with Gasteiger partial charge in [0.15, 0.2) is 17.2 Å². The van der Waals surface area contributed by atoms with Gasteiger partial charge in [0.2, 0.25) is 0 Å². The van der Waals surface area contributed by atoms with Crippen LogP contribution in [0.25, 0.3) is 0 Å². The van der Waals surface area contributed by atoms with Crippen molar-refractivity contribution in [2.75, 3.05) is 6.61 Å². The topological polar surface area (TPSA) is 80.9 Å². The zero-order chi connectivity index (χ0) is 13.4. The zero-order valence-electron chi connectivity index (χ0n) is 9.82. The highest BCUT2D eigenvalue weighted by Crippen LogP contribution is 2.32. The van der Waals surface area contributed by atoms with E-state index in [1.165, 1.54) is 23.8 Å². The summed E-state index contributed by atoms with van der Waals surface area (Å²) in [5.41, 5.74) is 1.19. The van der Waals surface area contributed by atoms with Crippen LogP contribution >= 0.6 is 0 Å². The predicted molar refractivity (Wildman–Crippen MR) is 68.7 cm³/mol. The third kappa shape index (κ3) is 4.35. The minimum absolute atomic E-state index is 0.240. The number of hydrogen-bond acceptors (Lipinski definition) is 4. The fourth-order valence-corrected chi connectivity index (χ4v) is 1.29. The largest absolute Gasteiger partial charge is 0.504 e. The van der Waals surface area contributed by atoms with Crippen molar-refractivity contribution in [1.29, 1.82) is 0 Å². The van der Waals surface area contributed by atoms with E-state index in [0.29, 0.717) is 0 Å². The summed E-state index contributed by atoms with van der Waals surface area (Å²) in [5, 5.41) is 34.6. The fraction of sp³-hybridized carbons (Fsp3) is 0.143. The van der Waals surface area contributed by atoms with Gasteiger partial charge in [-0.3, -0.25) is 0 Å². The first kappa shape index (κ1) is 13.9. The standard InChI is InChI=1S/C8H10O.C6H6O3/c9-7-6-8-4-2-1-3-5-8;7-4-2-1-3-5(8)6(4)9/h1-5,9H,6-7H2;1-3,7-9H. The Bertz CT molecular complexity index is 448. The molecular formula is C14H16O4. The SMILES string of the molecule is OCCc1ccccc1.Oc1cccc(O)c1O. The number of rotatable bonds is 2. The lowest BCUT2D eigenvalue weighted by Crippen LogP contribution is -1.88. The molecule has 0 radical (unpaired) electrons. The van der Waals surface area contributed by atoms with Gasteiger partial charge in [-0.1, -0.05) is 36.4 Å². The molecule has 0 aliphatic carbocycles. The molecule has 0 bridgehead atoms. The van der Waals surface area contributed by atoms with Gasteiger partial charge >= 0.3 is 0 Å². The lowest BCUT2D eigenvalue weighted by molar-refractivity contribution is 0.299. The molecule has 18 heavy (non-hydrogen) atoms. The highest BCUT2D eigenvalue weighted by molar-refractivity contribution is 5.47. The molecule has 2 aromatic carbocycles. The third-order valence-corrected chi connectivity index (χ3v) is 2.24. The van der Waals surface area contributed by atoms with Crippen molar-refractivity contribution in [3.8, 4) is 17.2 Å². The molecular weight excluding hydrogens is 232 g/mol. The minimum Gasteiger partial charge on any atom is -0.504 e. The van der Waals surface area contributed by atoms with Crippen molar-refractivity contribution in [2.45, 2.75) is 6.42 Å². The van der Waals surface area contributed by atoms with Gasteiger partial charge < -0.3 is 20.4 Å². The van der Waals surface area contributed by atoms with Crippen LogP contribution < -0.4 is 0 Å². The van der Waals surface area contributed by atoms with E-state index in [-0.39, 0.29) is 18.1 Å². The third-order valence-electron chi connectivity index (χ3n) is 2.24. The summed E-state index contributed by atoms with van der Waals surface area (Å²) >= 11 is 0. The van der Waals surface area contributed by atoms with Crippen molar-refractivity contribution in [2.24, 2.45) is 0 Å². The average Bonchev–Trinajstić information content (AvgIpc) is 2.38. The Morgan fingerprint density at radius 3 is 1.72 bits per heavy atom. The van der Waals surface area contributed by atoms with Crippen molar-refractivity contribution in [1.82, 2.24) is 0 Å². The van der Waals surface area contributed by atoms with Crippen LogP contribution in [0.5, 0.6) is 17.2 Å². The summed E-state index contributed by atoms with van der Waals surface area (Å²) in [5.74, 6) is -1.09. The van der Waals surface area contributed by atoms with Crippen molar-refractivity contribution < 1.29 is 20.4 Å². The van der Waals surface area contributed by atoms with Gasteiger partial charge in [-0.25, -0.2) is 0 Å². The molecule has 0 saturated heterocycles. The van der Waals surface area contributed by atoms with E-state index in [1.54, 1.807) is 0 Å². The predicted octanol–water partition coefficient (Wildman–Crippen LogP) is 2.02. The Morgan fingerprint density at radius 1 is 0.722 bits per heavy atom. The highest BCUT2D eigenvalue weighted by Gasteiger charge is 2.00. The quantitative estimate of drug-likeness (QED) is 0.613. The molecule has 0 aliphatic rings. The van der Waals surface area contributed by atoms with Gasteiger partial charge in [0.05, 0.1) is 0 Å². The first-order valence-electron chi connectivity index (χ1n) is 5.50. The Balaban J connectivity index is 0.000000180. The van der Waals surface area contributed by atoms with Gasteiger partial charge in [0.1, 0.15) is 0 Å². The summed E-state index contributed by atoms with van der Waals surface area (Å²) in [6, 6.07) is 14.0. The first-order valence-corrected chi connectivity index (χ1v) is 5.50. The van der Waals surface area contributed by atoms with Crippen LogP contribution in [0, 0.1) is 0 Å². The molecule has 0 atom stereocenters. The molecule has 0 unspecified atom stereocenters. The van der Waals surface area contributed by atoms with E-state index >= 15 is 0 Å². The smallest absolute Gasteiger partial charge is 0.200 e. The maximum Gasteiger partial charge on any atom is 0.200 e. The number of aliphatic hydroxyl groups excluding tert-OH is 1. The molecule has 0 amide bonds. The van der Waals surface area contributed by atoms with Crippen molar-refractivity contribution in [3.05, 3.63) is 54.1 Å². The number of aliphatic hydroxyl groups is 1. The molecule has 2 aromatic rings. The van der Waals surface area contributed by atoms with Crippen LogP contribution in [-0.2, 0) is 6.42 Å². The maximum atomic E-state index is 8.71. The van der Waals surface area contributed by atoms with Crippen molar-refractivity contribution >= 4 is 0 Å². The average molecular weight is 248 g/mol. The van der Waals surface area contributed by atoms with Crippen LogP contribution in [0.3, 0.4) is 0 Å². The van der Waals surface area contributed by atoms with E-state index in [1.807, 2.05) is 30.3 Å². The Morgan fingerprint density at radius 2 is 1.28 bits per heavy atom. The summed E-state index contributed by atoms with van der Waals surface area (Å²) in [7, 11) is 0. The molecule has 0 fully saturated rings. The van der Waals surface area contributed by atoms with Gasteiger partial charge in [-0.2, -0.15) is 0 Å². The molecule has 0 spiro atoms. The van der Waals surface area contributed by atoms with Crippen LogP contribution in [0.2, 0.25) is 0 Å². The minimum atomic E-state index is -0.475. The Kier molecular flexibility index (Phi) is 5.54. The summed E-state index contributed by atoms with van der Waals surface area (Å²) in [6.07, 6.45) is 0.765. The Hall–Kier alpha value is -2.20. The lowest BCUT2D eigenvalue weighted by Gasteiger charge is -1.96. The highest BCUT2D eigenvalue weighted by atomic mass is 16.3. The second-order valence-electron chi connectivity index (χ2n) is 3.60. The number of para-hydroxylation sites is 1. The molecule has 4 heteroatoms. The second-order valence-corrected chi connectivity index (χ2v) is 3.60. The number of phenolic OH excluding ortho intramolecular Hbond substituents is 3. The molecule has 0 aromatic heterocycles. The van der Waals surface area contributed by atoms with E-state index in [4.69, 9.17) is 20.4 Å². The summed E-state index contributed by atoms with van der Waals surface area (Å²) in [6.45, 7) is 0.240. The van der Waals surface area contributed by atoms with E-state index in [2.05, 4.69) is 0 Å². The van der Waals surface area contributed by atoms with Crippen LogP contribution in [-0.4, -0.2) is 27.0 Å². The van der Waals surface area contributed by atoms with E-state index in [9.17, 15) is 0 Å². The van der Waals surface area contributed by atoms with Gasteiger partial charge in [0, 0.05) is 6.61 Å². The maximum absolute atomic E-state index is 8.71. The summed E-state index contributed by atoms with van der Waals surface area (Å²) < 4.78 is 0. The summed E-state index contributed by atoms with van der Waals surface area (Å²) in [4.78, 5) is 0. The molecule has 0 heterocycles. The molecule has 4 nitrogen and oxygen atoms in total. The second kappa shape index (κ2) is 7.19. The fourth-order valence-electron chi connectivity index (χ4n) is 1.29. The van der Waals surface area contributed by atoms with Crippen molar-refractivity contribution in [3.63, 3.8) is 0 Å². The molecule has 0 saturated carbocycles. The van der Waals surface area contributed by atoms with E-state index in [0.717, 1.165) is 6.42 Å². The molecule has 4 N–H and O–H groups in total. The van der Waals surface area contributed by atoms with Crippen LogP contribution in [0.4, 0.5) is 0 Å². The zero-order valence-corrected chi connectivity index (χ0v) is 9.82. The molecule has 2 rings (SSSR count). The Labute approximate surface area is 105 Å². The van der Waals surface area contributed by atoms with Gasteiger partial charge in [-0.05, 0) is 24.1 Å². The van der Waals surface area contributed by atoms with Gasteiger partial charge in [-0.15, -0.1) is 0 Å². The number of hydrogen-bond donors (Lipinski definition) is 4. The number of benzene rings is 2. The first-order chi connectivity index (χ1) is 8.65. The number of phenols is 3. The van der Waals surface area contributed by atoms with Crippen LogP contribution in [0.15, 0.2) is 48.5 Å². The van der Waals surface area contributed by atoms with Crippen LogP contribution in [0.1, 0.15) is 5.56 Å². The molecule has 0 aliphatic heterocycles. The van der Waals surface area contributed by atoms with E-state index < -0.39 is 5.75 Å². The monoisotopic (exact) mass is 248 g/mol.